The maximum atomic E-state index is 14.1. The third-order valence-corrected chi connectivity index (χ3v) is 5.99. The summed E-state index contributed by atoms with van der Waals surface area (Å²) >= 11 is 1.29. The van der Waals surface area contributed by atoms with Gasteiger partial charge in [0, 0.05) is 18.3 Å². The molecule has 4 nitrogen and oxygen atoms in total. The number of carbonyl (C=O) groups excluding carboxylic acids is 2. The van der Waals surface area contributed by atoms with E-state index in [0.29, 0.717) is 11.3 Å². The van der Waals surface area contributed by atoms with E-state index in [1.54, 1.807) is 31.0 Å². The van der Waals surface area contributed by atoms with Crippen LogP contribution in [0.25, 0.3) is 0 Å². The number of hydrogen-bond acceptors (Lipinski definition) is 3. The summed E-state index contributed by atoms with van der Waals surface area (Å²) in [6.07, 6.45) is 0. The second kappa shape index (κ2) is 5.08. The second-order valence-electron chi connectivity index (χ2n) is 5.98. The van der Waals surface area contributed by atoms with Gasteiger partial charge in [-0.2, -0.15) is 0 Å². The molecule has 2 heterocycles. The molecule has 0 aromatic heterocycles. The van der Waals surface area contributed by atoms with Crippen molar-refractivity contribution in [2.24, 2.45) is 0 Å². The Morgan fingerprint density at radius 3 is 2.67 bits per heavy atom. The van der Waals surface area contributed by atoms with Gasteiger partial charge in [-0.1, -0.05) is 24.3 Å². The Bertz CT molecular complexity index is 885. The first-order chi connectivity index (χ1) is 11.5. The van der Waals surface area contributed by atoms with E-state index in [9.17, 15) is 14.0 Å². The van der Waals surface area contributed by atoms with Crippen molar-refractivity contribution < 1.29 is 14.0 Å². The lowest BCUT2D eigenvalue weighted by atomic mass is 10.0. The molecule has 1 spiro atoms. The maximum Gasteiger partial charge on any atom is 0.268 e. The maximum absolute atomic E-state index is 14.1. The van der Waals surface area contributed by atoms with Crippen molar-refractivity contribution in [2.45, 2.75) is 11.8 Å². The van der Waals surface area contributed by atoms with Crippen molar-refractivity contribution in [3.05, 3.63) is 59.4 Å². The Morgan fingerprint density at radius 2 is 1.92 bits per heavy atom. The van der Waals surface area contributed by atoms with Crippen LogP contribution in [0.15, 0.2) is 42.5 Å². The molecule has 0 N–H and O–H groups in total. The molecule has 0 radical (unpaired) electrons. The smallest absolute Gasteiger partial charge is 0.268 e. The van der Waals surface area contributed by atoms with E-state index >= 15 is 0 Å². The summed E-state index contributed by atoms with van der Waals surface area (Å²) in [5.74, 6) is -0.578. The molecular formula is C18H15FN2O2S. The second-order valence-corrected chi connectivity index (χ2v) is 7.14. The Labute approximate surface area is 143 Å². The van der Waals surface area contributed by atoms with E-state index in [4.69, 9.17) is 0 Å². The molecule has 0 bridgehead atoms. The van der Waals surface area contributed by atoms with Crippen molar-refractivity contribution in [2.75, 3.05) is 22.6 Å². The summed E-state index contributed by atoms with van der Waals surface area (Å²) in [7, 11) is 1.70. The standard InChI is InChI=1S/C18H15FN2O2S/c1-11-7-8-12(9-14(11)19)21-16(22)10-24-18(21)13-5-3-4-6-15(13)20(2)17(18)23/h3-9H,10H2,1-2H3/t18-/m0/s1. The van der Waals surface area contributed by atoms with Crippen LogP contribution in [-0.4, -0.2) is 24.6 Å². The van der Waals surface area contributed by atoms with Crippen molar-refractivity contribution in [1.82, 2.24) is 0 Å². The molecule has 2 amide bonds. The Kier molecular flexibility index (Phi) is 3.22. The van der Waals surface area contributed by atoms with Gasteiger partial charge in [0.05, 0.1) is 11.4 Å². The van der Waals surface area contributed by atoms with Gasteiger partial charge in [0.1, 0.15) is 5.82 Å². The SMILES string of the molecule is Cc1ccc(N2C(=O)CS[C@@]23C(=O)N(C)c2ccccc23)cc1F. The summed E-state index contributed by atoms with van der Waals surface area (Å²) in [6, 6.07) is 12.1. The van der Waals surface area contributed by atoms with E-state index in [1.165, 1.54) is 22.7 Å². The van der Waals surface area contributed by atoms with Gasteiger partial charge >= 0.3 is 0 Å². The fraction of sp³-hybridized carbons (Fsp3) is 0.222. The van der Waals surface area contributed by atoms with E-state index in [1.807, 2.05) is 24.3 Å². The molecule has 0 unspecified atom stereocenters. The summed E-state index contributed by atoms with van der Waals surface area (Å²) in [5.41, 5.74) is 2.46. The summed E-state index contributed by atoms with van der Waals surface area (Å²) in [6.45, 7) is 1.67. The minimum absolute atomic E-state index is 0.180. The topological polar surface area (TPSA) is 40.6 Å². The third kappa shape index (κ3) is 1.80. The van der Waals surface area contributed by atoms with Gasteiger partial charge < -0.3 is 4.90 Å². The number of likely N-dealkylation sites (N-methyl/N-ethyl adjacent to an activating group) is 1. The number of rotatable bonds is 1. The predicted octanol–water partition coefficient (Wildman–Crippen LogP) is 3.04. The number of thioether (sulfide) groups is 1. The molecule has 4 rings (SSSR count). The molecule has 0 aliphatic carbocycles. The molecule has 1 fully saturated rings. The first-order valence-electron chi connectivity index (χ1n) is 7.57. The first-order valence-corrected chi connectivity index (χ1v) is 8.56. The van der Waals surface area contributed by atoms with Gasteiger partial charge in [-0.15, -0.1) is 11.8 Å². The van der Waals surface area contributed by atoms with Crippen molar-refractivity contribution >= 4 is 35.0 Å². The predicted molar refractivity (Wildman–Crippen MR) is 92.6 cm³/mol. The Balaban J connectivity index is 1.95. The van der Waals surface area contributed by atoms with E-state index in [0.717, 1.165) is 11.3 Å². The van der Waals surface area contributed by atoms with Crippen LogP contribution in [0.2, 0.25) is 0 Å². The van der Waals surface area contributed by atoms with E-state index in [-0.39, 0.29) is 23.4 Å². The van der Waals surface area contributed by atoms with Crippen LogP contribution >= 0.6 is 11.8 Å². The zero-order valence-corrected chi connectivity index (χ0v) is 14.1. The quantitative estimate of drug-likeness (QED) is 0.800. The van der Waals surface area contributed by atoms with Crippen LogP contribution < -0.4 is 9.80 Å². The van der Waals surface area contributed by atoms with Gasteiger partial charge in [0.15, 0.2) is 0 Å². The van der Waals surface area contributed by atoms with Gasteiger partial charge in [-0.25, -0.2) is 4.39 Å². The van der Waals surface area contributed by atoms with Crippen molar-refractivity contribution in [3.8, 4) is 0 Å². The van der Waals surface area contributed by atoms with Crippen LogP contribution in [0.4, 0.5) is 15.8 Å². The number of fused-ring (bicyclic) bond motifs is 2. The molecule has 24 heavy (non-hydrogen) atoms. The lowest BCUT2D eigenvalue weighted by Gasteiger charge is -2.33. The van der Waals surface area contributed by atoms with Crippen LogP contribution in [0.1, 0.15) is 11.1 Å². The highest BCUT2D eigenvalue weighted by Crippen LogP contribution is 2.55. The summed E-state index contributed by atoms with van der Waals surface area (Å²) < 4.78 is 14.1. The zero-order valence-electron chi connectivity index (χ0n) is 13.2. The summed E-state index contributed by atoms with van der Waals surface area (Å²) in [4.78, 5) is 27.6. The number of anilines is 2. The van der Waals surface area contributed by atoms with E-state index in [2.05, 4.69) is 0 Å². The normalized spacial score (nSPS) is 22.6. The van der Waals surface area contributed by atoms with Gasteiger partial charge in [-0.3, -0.25) is 14.5 Å². The average Bonchev–Trinajstić information content (AvgIpc) is 3.03. The molecule has 2 aliphatic heterocycles. The van der Waals surface area contributed by atoms with Crippen LogP contribution in [0, 0.1) is 12.7 Å². The number of para-hydroxylation sites is 1. The number of benzene rings is 2. The van der Waals surface area contributed by atoms with Gasteiger partial charge in [0.2, 0.25) is 10.8 Å². The fourth-order valence-corrected chi connectivity index (χ4v) is 4.76. The van der Waals surface area contributed by atoms with Gasteiger partial charge in [-0.05, 0) is 30.7 Å². The molecule has 1 atom stereocenters. The third-order valence-electron chi connectivity index (χ3n) is 4.61. The van der Waals surface area contributed by atoms with E-state index < -0.39 is 4.87 Å². The number of carbonyl (C=O) groups is 2. The number of amides is 2. The monoisotopic (exact) mass is 342 g/mol. The van der Waals surface area contributed by atoms with Crippen LogP contribution in [-0.2, 0) is 14.5 Å². The highest BCUT2D eigenvalue weighted by atomic mass is 32.2. The molecule has 2 aromatic carbocycles. The minimum atomic E-state index is -1.15. The Hall–Kier alpha value is -2.34. The fourth-order valence-electron chi connectivity index (χ4n) is 3.38. The van der Waals surface area contributed by atoms with Crippen molar-refractivity contribution in [1.29, 1.82) is 0 Å². The highest BCUT2D eigenvalue weighted by molar-refractivity contribution is 8.02. The number of hydrogen-bond donors (Lipinski definition) is 0. The Morgan fingerprint density at radius 1 is 1.17 bits per heavy atom. The molecule has 2 aliphatic rings. The summed E-state index contributed by atoms with van der Waals surface area (Å²) in [5, 5.41) is 0. The molecule has 1 saturated heterocycles. The molecule has 2 aromatic rings. The van der Waals surface area contributed by atoms with Crippen molar-refractivity contribution in [3.63, 3.8) is 0 Å². The number of nitrogens with zero attached hydrogens (tertiary/aromatic N) is 2. The molecule has 122 valence electrons. The lowest BCUT2D eigenvalue weighted by Crippen LogP contribution is -2.49. The average molecular weight is 342 g/mol. The number of aryl methyl sites for hydroxylation is 1. The first kappa shape index (κ1) is 15.2. The number of halogens is 1. The lowest BCUT2D eigenvalue weighted by molar-refractivity contribution is -0.123. The molecule has 0 saturated carbocycles. The van der Waals surface area contributed by atoms with Crippen LogP contribution in [0.3, 0.4) is 0 Å². The van der Waals surface area contributed by atoms with Crippen LogP contribution in [0.5, 0.6) is 0 Å². The molecular weight excluding hydrogens is 327 g/mol. The molecule has 6 heteroatoms. The largest absolute Gasteiger partial charge is 0.312 e. The minimum Gasteiger partial charge on any atom is -0.312 e. The van der Waals surface area contributed by atoms with Gasteiger partial charge in [0.25, 0.3) is 5.91 Å². The highest BCUT2D eigenvalue weighted by Gasteiger charge is 2.60. The zero-order chi connectivity index (χ0) is 17.1.